The van der Waals surface area contributed by atoms with Crippen molar-refractivity contribution in [2.45, 2.75) is 95.7 Å². The first-order valence-electron chi connectivity index (χ1n) is 9.25. The Morgan fingerprint density at radius 3 is 2.45 bits per heavy atom. The van der Waals surface area contributed by atoms with E-state index in [2.05, 4.69) is 24.1 Å². The van der Waals surface area contributed by atoms with E-state index in [4.69, 9.17) is 0 Å². The van der Waals surface area contributed by atoms with Crippen LogP contribution in [0.5, 0.6) is 0 Å². The van der Waals surface area contributed by atoms with Crippen molar-refractivity contribution in [1.82, 2.24) is 10.2 Å². The van der Waals surface area contributed by atoms with Gasteiger partial charge in [-0.25, -0.2) is 0 Å². The molecule has 2 aliphatic carbocycles. The molecule has 1 N–H and O–H groups in total. The SMILES string of the molecule is CCC(C1CCCCC1)N1CC2(CCCC2)NCC1C. The predicted molar refractivity (Wildman–Crippen MR) is 86.0 cm³/mol. The van der Waals surface area contributed by atoms with E-state index in [1.165, 1.54) is 77.3 Å². The highest BCUT2D eigenvalue weighted by atomic mass is 15.3. The molecule has 2 heteroatoms. The average molecular weight is 278 g/mol. The van der Waals surface area contributed by atoms with E-state index in [0.29, 0.717) is 5.54 Å². The molecule has 3 aliphatic rings. The quantitative estimate of drug-likeness (QED) is 0.841. The first-order valence-corrected chi connectivity index (χ1v) is 9.25. The van der Waals surface area contributed by atoms with Crippen molar-refractivity contribution in [1.29, 1.82) is 0 Å². The zero-order valence-electron chi connectivity index (χ0n) is 13.7. The van der Waals surface area contributed by atoms with E-state index < -0.39 is 0 Å². The molecule has 20 heavy (non-hydrogen) atoms. The van der Waals surface area contributed by atoms with Crippen LogP contribution >= 0.6 is 0 Å². The van der Waals surface area contributed by atoms with Crippen molar-refractivity contribution in [3.8, 4) is 0 Å². The fourth-order valence-corrected chi connectivity index (χ4v) is 5.23. The van der Waals surface area contributed by atoms with Gasteiger partial charge in [0.1, 0.15) is 0 Å². The molecule has 2 saturated carbocycles. The third kappa shape index (κ3) is 2.92. The standard InChI is InChI=1S/C18H34N2/c1-3-17(16-9-5-4-6-10-16)20-14-18(11-7-8-12-18)19-13-15(20)2/h15-17,19H,3-14H2,1-2H3. The second-order valence-corrected chi connectivity index (χ2v) is 7.76. The lowest BCUT2D eigenvalue weighted by molar-refractivity contribution is 0.0162. The third-order valence-corrected chi connectivity index (χ3v) is 6.42. The van der Waals surface area contributed by atoms with Gasteiger partial charge in [-0.15, -0.1) is 0 Å². The summed E-state index contributed by atoms with van der Waals surface area (Å²) in [6, 6.07) is 1.58. The average Bonchev–Trinajstić information content (AvgIpc) is 2.93. The summed E-state index contributed by atoms with van der Waals surface area (Å²) >= 11 is 0. The second kappa shape index (κ2) is 6.36. The topological polar surface area (TPSA) is 15.3 Å². The summed E-state index contributed by atoms with van der Waals surface area (Å²) in [5.41, 5.74) is 0.481. The first-order chi connectivity index (χ1) is 9.74. The number of piperazine rings is 1. The van der Waals surface area contributed by atoms with Gasteiger partial charge in [-0.05, 0) is 44.9 Å². The maximum Gasteiger partial charge on any atom is 0.0309 e. The highest BCUT2D eigenvalue weighted by Gasteiger charge is 2.42. The van der Waals surface area contributed by atoms with Crippen molar-refractivity contribution < 1.29 is 0 Å². The smallest absolute Gasteiger partial charge is 0.0309 e. The Balaban J connectivity index is 1.70. The largest absolute Gasteiger partial charge is 0.308 e. The summed E-state index contributed by atoms with van der Waals surface area (Å²) in [4.78, 5) is 2.91. The minimum Gasteiger partial charge on any atom is -0.308 e. The Bertz CT molecular complexity index is 303. The molecule has 0 bridgehead atoms. The molecule has 2 atom stereocenters. The molecule has 0 aromatic carbocycles. The molecule has 3 fully saturated rings. The van der Waals surface area contributed by atoms with Gasteiger partial charge >= 0.3 is 0 Å². The van der Waals surface area contributed by atoms with Crippen LogP contribution in [0.4, 0.5) is 0 Å². The monoisotopic (exact) mass is 278 g/mol. The van der Waals surface area contributed by atoms with Crippen molar-refractivity contribution in [3.05, 3.63) is 0 Å². The van der Waals surface area contributed by atoms with Crippen LogP contribution in [0.3, 0.4) is 0 Å². The van der Waals surface area contributed by atoms with Crippen molar-refractivity contribution in [2.24, 2.45) is 5.92 Å². The molecule has 0 amide bonds. The van der Waals surface area contributed by atoms with E-state index in [-0.39, 0.29) is 0 Å². The zero-order chi connectivity index (χ0) is 14.0. The molecule has 0 aromatic heterocycles. The van der Waals surface area contributed by atoms with E-state index >= 15 is 0 Å². The van der Waals surface area contributed by atoms with E-state index in [1.54, 1.807) is 0 Å². The van der Waals surface area contributed by atoms with Crippen molar-refractivity contribution >= 4 is 0 Å². The summed E-state index contributed by atoms with van der Waals surface area (Å²) < 4.78 is 0. The van der Waals surface area contributed by atoms with Gasteiger partial charge in [0.15, 0.2) is 0 Å². The van der Waals surface area contributed by atoms with Crippen LogP contribution in [0.15, 0.2) is 0 Å². The molecule has 1 spiro atoms. The molecule has 3 rings (SSSR count). The molecule has 1 aliphatic heterocycles. The summed E-state index contributed by atoms with van der Waals surface area (Å²) in [5.74, 6) is 0.979. The lowest BCUT2D eigenvalue weighted by Gasteiger charge is -2.50. The molecule has 0 aromatic rings. The molecule has 2 nitrogen and oxygen atoms in total. The van der Waals surface area contributed by atoms with Gasteiger partial charge in [0.25, 0.3) is 0 Å². The van der Waals surface area contributed by atoms with Crippen LogP contribution in [0.25, 0.3) is 0 Å². The Kier molecular flexibility index (Phi) is 4.72. The highest BCUT2D eigenvalue weighted by Crippen LogP contribution is 2.37. The normalized spacial score (nSPS) is 33.6. The molecule has 0 radical (unpaired) electrons. The second-order valence-electron chi connectivity index (χ2n) is 7.76. The Morgan fingerprint density at radius 1 is 1.10 bits per heavy atom. The minimum absolute atomic E-state index is 0.481. The fourth-order valence-electron chi connectivity index (χ4n) is 5.23. The third-order valence-electron chi connectivity index (χ3n) is 6.42. The highest BCUT2D eigenvalue weighted by molar-refractivity contribution is 5.02. The molecule has 2 unspecified atom stereocenters. The van der Waals surface area contributed by atoms with Crippen LogP contribution in [0.2, 0.25) is 0 Å². The Morgan fingerprint density at radius 2 is 1.80 bits per heavy atom. The van der Waals surface area contributed by atoms with Crippen LogP contribution in [0, 0.1) is 5.92 Å². The van der Waals surface area contributed by atoms with Gasteiger partial charge in [0.05, 0.1) is 0 Å². The van der Waals surface area contributed by atoms with Gasteiger partial charge in [0, 0.05) is 30.7 Å². The lowest BCUT2D eigenvalue weighted by atomic mass is 9.80. The molecule has 116 valence electrons. The van der Waals surface area contributed by atoms with Gasteiger partial charge in [-0.1, -0.05) is 39.0 Å². The zero-order valence-corrected chi connectivity index (χ0v) is 13.7. The summed E-state index contributed by atoms with van der Waals surface area (Å²) in [5, 5.41) is 3.91. The van der Waals surface area contributed by atoms with Crippen LogP contribution < -0.4 is 5.32 Å². The van der Waals surface area contributed by atoms with Crippen LogP contribution in [-0.4, -0.2) is 35.6 Å². The number of nitrogens with one attached hydrogen (secondary N) is 1. The lowest BCUT2D eigenvalue weighted by Crippen LogP contribution is -2.65. The summed E-state index contributed by atoms with van der Waals surface area (Å²) in [6.07, 6.45) is 14.5. The predicted octanol–water partition coefficient (Wildman–Crippen LogP) is 3.95. The Hall–Kier alpha value is -0.0800. The maximum absolute atomic E-state index is 3.91. The van der Waals surface area contributed by atoms with Gasteiger partial charge < -0.3 is 5.32 Å². The van der Waals surface area contributed by atoms with Crippen LogP contribution in [-0.2, 0) is 0 Å². The van der Waals surface area contributed by atoms with E-state index in [1.807, 2.05) is 0 Å². The summed E-state index contributed by atoms with van der Waals surface area (Å²) in [6.45, 7) is 7.40. The van der Waals surface area contributed by atoms with Gasteiger partial charge in [0.2, 0.25) is 0 Å². The van der Waals surface area contributed by atoms with Crippen molar-refractivity contribution in [2.75, 3.05) is 13.1 Å². The van der Waals surface area contributed by atoms with Crippen LogP contribution in [0.1, 0.15) is 78.1 Å². The van der Waals surface area contributed by atoms with E-state index in [0.717, 1.165) is 18.0 Å². The fraction of sp³-hybridized carbons (Fsp3) is 1.00. The van der Waals surface area contributed by atoms with E-state index in [9.17, 15) is 0 Å². The molecular formula is C18H34N2. The Labute approximate surface area is 125 Å². The number of nitrogens with zero attached hydrogens (tertiary/aromatic N) is 1. The number of hydrogen-bond acceptors (Lipinski definition) is 2. The number of rotatable bonds is 3. The van der Waals surface area contributed by atoms with Gasteiger partial charge in [-0.3, -0.25) is 4.90 Å². The molecular weight excluding hydrogens is 244 g/mol. The first kappa shape index (κ1) is 14.8. The minimum atomic E-state index is 0.481. The maximum atomic E-state index is 3.91. The number of hydrogen-bond donors (Lipinski definition) is 1. The summed E-state index contributed by atoms with van der Waals surface area (Å²) in [7, 11) is 0. The molecule has 1 heterocycles. The molecule has 1 saturated heterocycles. The van der Waals surface area contributed by atoms with Crippen molar-refractivity contribution in [3.63, 3.8) is 0 Å². The van der Waals surface area contributed by atoms with Gasteiger partial charge in [-0.2, -0.15) is 0 Å².